The molecule has 0 aliphatic heterocycles. The lowest BCUT2D eigenvalue weighted by molar-refractivity contribution is -0.108. The molecule has 0 N–H and O–H groups in total. The first-order valence-corrected chi connectivity index (χ1v) is 9.42. The Morgan fingerprint density at radius 2 is 1.64 bits per heavy atom. The zero-order valence-corrected chi connectivity index (χ0v) is 14.7. The highest BCUT2D eigenvalue weighted by Gasteiger charge is 2.50. The maximum Gasteiger partial charge on any atom is 0.195 e. The maximum atomic E-state index is 13.6. The molecule has 0 unspecified atom stereocenters. The van der Waals surface area contributed by atoms with Gasteiger partial charge in [0.1, 0.15) is 12.0 Å². The van der Waals surface area contributed by atoms with Crippen molar-refractivity contribution < 1.29 is 17.6 Å². The average Bonchev–Trinajstić information content (AvgIpc) is 3.16. The van der Waals surface area contributed by atoms with Crippen LogP contribution >= 0.6 is 11.6 Å². The van der Waals surface area contributed by atoms with E-state index >= 15 is 0 Å². The molecule has 3 rings (SSSR count). The second-order valence-electron chi connectivity index (χ2n) is 5.50. The van der Waals surface area contributed by atoms with Crippen molar-refractivity contribution in [2.45, 2.75) is 16.1 Å². The first-order chi connectivity index (χ1) is 12.0. The van der Waals surface area contributed by atoms with Gasteiger partial charge in [0.25, 0.3) is 0 Å². The van der Waals surface area contributed by atoms with Crippen LogP contribution in [-0.4, -0.2) is 14.7 Å². The summed E-state index contributed by atoms with van der Waals surface area (Å²) in [5, 5.41) is 0.473. The number of carbonyl (C=O) groups is 1. The molecular formula is C19H15ClO4S. The van der Waals surface area contributed by atoms with Gasteiger partial charge >= 0.3 is 0 Å². The number of furan rings is 1. The standard InChI is InChI=1S/C19H15ClO4S/c20-16-10-8-15(9-11-16)19(12-13-21,18-7-4-14-24-18)25(22,23)17-5-2-1-3-6-17/h1-11,13-14H,12H2/t19-/m0/s1. The van der Waals surface area contributed by atoms with E-state index in [2.05, 4.69) is 0 Å². The number of halogens is 1. The Labute approximate surface area is 151 Å². The van der Waals surface area contributed by atoms with Gasteiger partial charge < -0.3 is 9.21 Å². The molecule has 0 amide bonds. The minimum Gasteiger partial charge on any atom is -0.467 e. The molecule has 3 aromatic rings. The Balaban J connectivity index is 2.36. The molecule has 0 spiro atoms. The van der Waals surface area contributed by atoms with Crippen molar-refractivity contribution in [1.82, 2.24) is 0 Å². The number of aldehydes is 1. The van der Waals surface area contributed by atoms with Crippen molar-refractivity contribution in [3.8, 4) is 0 Å². The molecular weight excluding hydrogens is 360 g/mol. The molecule has 4 nitrogen and oxygen atoms in total. The Bertz CT molecular complexity index is 948. The SMILES string of the molecule is O=CC[C@](c1ccc(Cl)cc1)(c1ccco1)S(=O)(=O)c1ccccc1. The molecule has 0 aliphatic carbocycles. The van der Waals surface area contributed by atoms with Crippen LogP contribution in [0.1, 0.15) is 17.7 Å². The Kier molecular flexibility index (Phi) is 4.79. The summed E-state index contributed by atoms with van der Waals surface area (Å²) < 4.78 is 31.0. The third-order valence-electron chi connectivity index (χ3n) is 4.11. The lowest BCUT2D eigenvalue weighted by Gasteiger charge is -2.30. The van der Waals surface area contributed by atoms with E-state index in [1.54, 1.807) is 54.6 Å². The van der Waals surface area contributed by atoms with E-state index in [-0.39, 0.29) is 17.1 Å². The zero-order valence-electron chi connectivity index (χ0n) is 13.1. The van der Waals surface area contributed by atoms with Gasteiger partial charge in [0.2, 0.25) is 0 Å². The van der Waals surface area contributed by atoms with Crippen LogP contribution in [0.25, 0.3) is 0 Å². The molecule has 0 saturated heterocycles. The number of benzene rings is 2. The minimum absolute atomic E-state index is 0.114. The summed E-state index contributed by atoms with van der Waals surface area (Å²) in [6, 6.07) is 17.6. The molecule has 1 atom stereocenters. The number of rotatable bonds is 6. The second-order valence-corrected chi connectivity index (χ2v) is 8.11. The highest BCUT2D eigenvalue weighted by atomic mass is 35.5. The normalized spacial score (nSPS) is 14.0. The number of hydrogen-bond donors (Lipinski definition) is 0. The third-order valence-corrected chi connectivity index (χ3v) is 6.78. The minimum atomic E-state index is -3.98. The Morgan fingerprint density at radius 3 is 2.20 bits per heavy atom. The average molecular weight is 375 g/mol. The molecule has 1 aromatic heterocycles. The summed E-state index contributed by atoms with van der Waals surface area (Å²) in [7, 11) is -3.98. The molecule has 0 fully saturated rings. The quantitative estimate of drug-likeness (QED) is 0.605. The molecule has 0 aliphatic rings. The van der Waals surface area contributed by atoms with E-state index in [4.69, 9.17) is 16.0 Å². The maximum absolute atomic E-state index is 13.6. The van der Waals surface area contributed by atoms with Crippen molar-refractivity contribution in [1.29, 1.82) is 0 Å². The van der Waals surface area contributed by atoms with Gasteiger partial charge in [-0.25, -0.2) is 8.42 Å². The van der Waals surface area contributed by atoms with E-state index in [0.29, 0.717) is 16.9 Å². The van der Waals surface area contributed by atoms with Gasteiger partial charge in [-0.1, -0.05) is 41.9 Å². The van der Waals surface area contributed by atoms with Crippen molar-refractivity contribution in [2.24, 2.45) is 0 Å². The highest BCUT2D eigenvalue weighted by molar-refractivity contribution is 7.92. The zero-order chi connectivity index (χ0) is 17.9. The van der Waals surface area contributed by atoms with Crippen LogP contribution in [0.3, 0.4) is 0 Å². The summed E-state index contributed by atoms with van der Waals surface area (Å²) in [6.07, 6.45) is 1.71. The summed E-state index contributed by atoms with van der Waals surface area (Å²) in [5.74, 6) is 0.186. The van der Waals surface area contributed by atoms with E-state index in [1.165, 1.54) is 18.4 Å². The Morgan fingerprint density at radius 1 is 0.960 bits per heavy atom. The molecule has 25 heavy (non-hydrogen) atoms. The van der Waals surface area contributed by atoms with Crippen LogP contribution in [0.15, 0.2) is 82.3 Å². The fourth-order valence-electron chi connectivity index (χ4n) is 2.90. The molecule has 0 saturated carbocycles. The number of hydrogen-bond acceptors (Lipinski definition) is 4. The number of sulfone groups is 1. The fraction of sp³-hybridized carbons (Fsp3) is 0.105. The monoisotopic (exact) mass is 374 g/mol. The Hall–Kier alpha value is -2.37. The predicted molar refractivity (Wildman–Crippen MR) is 95.2 cm³/mol. The summed E-state index contributed by atoms with van der Waals surface area (Å²) in [5.41, 5.74) is 0.419. The van der Waals surface area contributed by atoms with Crippen molar-refractivity contribution >= 4 is 27.7 Å². The van der Waals surface area contributed by atoms with Crippen LogP contribution < -0.4 is 0 Å². The van der Waals surface area contributed by atoms with Gasteiger partial charge in [-0.3, -0.25) is 0 Å². The highest BCUT2D eigenvalue weighted by Crippen LogP contribution is 2.44. The predicted octanol–water partition coefficient (Wildman–Crippen LogP) is 4.24. The first-order valence-electron chi connectivity index (χ1n) is 7.56. The van der Waals surface area contributed by atoms with E-state index < -0.39 is 14.6 Å². The van der Waals surface area contributed by atoms with Crippen LogP contribution in [0, 0.1) is 0 Å². The van der Waals surface area contributed by atoms with Crippen LogP contribution in [0.5, 0.6) is 0 Å². The van der Waals surface area contributed by atoms with Crippen LogP contribution in [0.4, 0.5) is 0 Å². The molecule has 0 bridgehead atoms. The molecule has 1 heterocycles. The van der Waals surface area contributed by atoms with Gasteiger partial charge in [0.05, 0.1) is 11.2 Å². The molecule has 128 valence electrons. The molecule has 6 heteroatoms. The summed E-state index contributed by atoms with van der Waals surface area (Å²) >= 11 is 5.95. The van der Waals surface area contributed by atoms with Crippen molar-refractivity contribution in [2.75, 3.05) is 0 Å². The van der Waals surface area contributed by atoms with Gasteiger partial charge in [-0.05, 0) is 42.0 Å². The molecule has 2 aromatic carbocycles. The van der Waals surface area contributed by atoms with Crippen molar-refractivity contribution in [3.05, 3.63) is 89.3 Å². The van der Waals surface area contributed by atoms with Gasteiger partial charge in [-0.15, -0.1) is 0 Å². The van der Waals surface area contributed by atoms with Gasteiger partial charge in [0.15, 0.2) is 14.6 Å². The van der Waals surface area contributed by atoms with Crippen LogP contribution in [-0.2, 0) is 19.4 Å². The van der Waals surface area contributed by atoms with E-state index in [9.17, 15) is 13.2 Å². The first kappa shape index (κ1) is 17.5. The largest absolute Gasteiger partial charge is 0.467 e. The van der Waals surface area contributed by atoms with Crippen LogP contribution in [0.2, 0.25) is 5.02 Å². The van der Waals surface area contributed by atoms with E-state index in [1.807, 2.05) is 0 Å². The second kappa shape index (κ2) is 6.86. The lowest BCUT2D eigenvalue weighted by atomic mass is 9.92. The smallest absolute Gasteiger partial charge is 0.195 e. The summed E-state index contributed by atoms with van der Waals surface area (Å²) in [6.45, 7) is 0. The summed E-state index contributed by atoms with van der Waals surface area (Å²) in [4.78, 5) is 11.6. The topological polar surface area (TPSA) is 64.3 Å². The fourth-order valence-corrected chi connectivity index (χ4v) is 5.06. The molecule has 0 radical (unpaired) electrons. The van der Waals surface area contributed by atoms with Crippen molar-refractivity contribution in [3.63, 3.8) is 0 Å². The number of carbonyl (C=O) groups excluding carboxylic acids is 1. The van der Waals surface area contributed by atoms with Gasteiger partial charge in [-0.2, -0.15) is 0 Å². The third kappa shape index (κ3) is 2.90. The van der Waals surface area contributed by atoms with E-state index in [0.717, 1.165) is 0 Å². The van der Waals surface area contributed by atoms with Gasteiger partial charge in [0, 0.05) is 11.4 Å². The lowest BCUT2D eigenvalue weighted by Crippen LogP contribution is -2.37.